The maximum atomic E-state index is 13.9. The molecule has 1 unspecified atom stereocenters. The molecule has 0 aliphatic carbocycles. The van der Waals surface area contributed by atoms with Gasteiger partial charge in [-0.15, -0.1) is 0 Å². The molecule has 168 valence electrons. The van der Waals surface area contributed by atoms with Crippen molar-refractivity contribution in [1.29, 1.82) is 0 Å². The second-order valence-corrected chi connectivity index (χ2v) is 10.9. The number of benzene rings is 1. The fraction of sp³-hybridized carbons (Fsp3) is 0.292. The molecular formula is C24H22N4O4S. The highest BCUT2D eigenvalue weighted by Crippen LogP contribution is 2.35. The number of pyridine rings is 1. The third-order valence-electron chi connectivity index (χ3n) is 6.53. The Morgan fingerprint density at radius 2 is 2.03 bits per heavy atom. The molecular weight excluding hydrogens is 440 g/mol. The number of para-hydroxylation sites is 1. The Labute approximate surface area is 190 Å². The highest BCUT2D eigenvalue weighted by Gasteiger charge is 2.34. The average molecular weight is 463 g/mol. The molecule has 33 heavy (non-hydrogen) atoms. The van der Waals surface area contributed by atoms with Gasteiger partial charge in [0.15, 0.2) is 21.2 Å². The molecule has 2 aliphatic heterocycles. The van der Waals surface area contributed by atoms with Gasteiger partial charge >= 0.3 is 0 Å². The van der Waals surface area contributed by atoms with Gasteiger partial charge in [-0.2, -0.15) is 5.10 Å². The zero-order valence-corrected chi connectivity index (χ0v) is 18.9. The number of aryl methyl sites for hydroxylation is 1. The molecule has 2 aliphatic rings. The van der Waals surface area contributed by atoms with Gasteiger partial charge in [0.05, 0.1) is 40.5 Å². The Balaban J connectivity index is 1.55. The number of anilines is 1. The number of fused-ring (bicyclic) bond motifs is 2. The lowest BCUT2D eigenvalue weighted by Crippen LogP contribution is -2.29. The van der Waals surface area contributed by atoms with Crippen molar-refractivity contribution in [3.8, 4) is 11.5 Å². The topological polar surface area (TPSA) is 98.3 Å². The SMILES string of the molecule is Cc1nn(C2CCS(=O)(=O)C2)c2nc(-c3ccco3)cc(C(=O)N3CCc4ccccc43)c12. The zero-order chi connectivity index (χ0) is 22.7. The van der Waals surface area contributed by atoms with E-state index in [0.717, 1.165) is 17.7 Å². The summed E-state index contributed by atoms with van der Waals surface area (Å²) in [5, 5.41) is 5.32. The summed E-state index contributed by atoms with van der Waals surface area (Å²) >= 11 is 0. The van der Waals surface area contributed by atoms with E-state index in [4.69, 9.17) is 9.40 Å². The van der Waals surface area contributed by atoms with Crippen LogP contribution in [0.1, 0.15) is 34.1 Å². The summed E-state index contributed by atoms with van der Waals surface area (Å²) in [6.07, 6.45) is 2.85. The molecule has 1 aromatic carbocycles. The molecule has 5 heterocycles. The first-order valence-electron chi connectivity index (χ1n) is 11.0. The van der Waals surface area contributed by atoms with E-state index in [9.17, 15) is 13.2 Å². The summed E-state index contributed by atoms with van der Waals surface area (Å²) in [6.45, 7) is 2.44. The van der Waals surface area contributed by atoms with Crippen molar-refractivity contribution in [2.45, 2.75) is 25.8 Å². The van der Waals surface area contributed by atoms with Gasteiger partial charge in [-0.05, 0) is 49.6 Å². The first-order valence-corrected chi connectivity index (χ1v) is 12.8. The van der Waals surface area contributed by atoms with Gasteiger partial charge in [0.25, 0.3) is 5.91 Å². The number of furan rings is 1. The molecule has 0 radical (unpaired) electrons. The highest BCUT2D eigenvalue weighted by atomic mass is 32.2. The fourth-order valence-electron chi connectivity index (χ4n) is 4.95. The summed E-state index contributed by atoms with van der Waals surface area (Å²) in [6, 6.07) is 12.9. The first kappa shape index (κ1) is 20.2. The van der Waals surface area contributed by atoms with Crippen molar-refractivity contribution in [3.05, 3.63) is 65.5 Å². The number of sulfone groups is 1. The van der Waals surface area contributed by atoms with Crippen LogP contribution in [0, 0.1) is 6.92 Å². The van der Waals surface area contributed by atoms with Crippen molar-refractivity contribution in [1.82, 2.24) is 14.8 Å². The van der Waals surface area contributed by atoms with Crippen molar-refractivity contribution < 1.29 is 17.6 Å². The van der Waals surface area contributed by atoms with E-state index >= 15 is 0 Å². The minimum atomic E-state index is -3.11. The largest absolute Gasteiger partial charge is 0.463 e. The lowest BCUT2D eigenvalue weighted by molar-refractivity contribution is 0.0991. The monoisotopic (exact) mass is 462 g/mol. The minimum Gasteiger partial charge on any atom is -0.463 e. The van der Waals surface area contributed by atoms with Crippen LogP contribution in [0.4, 0.5) is 5.69 Å². The van der Waals surface area contributed by atoms with E-state index in [1.54, 1.807) is 34.0 Å². The number of aromatic nitrogens is 3. The van der Waals surface area contributed by atoms with E-state index in [-0.39, 0.29) is 23.5 Å². The van der Waals surface area contributed by atoms with Crippen LogP contribution in [0.15, 0.2) is 53.1 Å². The predicted molar refractivity (Wildman–Crippen MR) is 124 cm³/mol. The Kier molecular flexibility index (Phi) is 4.45. The van der Waals surface area contributed by atoms with Crippen LogP contribution in [0.3, 0.4) is 0 Å². The third kappa shape index (κ3) is 3.26. The summed E-state index contributed by atoms with van der Waals surface area (Å²) in [7, 11) is -3.11. The molecule has 0 spiro atoms. The second-order valence-electron chi connectivity index (χ2n) is 8.65. The number of hydrogen-bond acceptors (Lipinski definition) is 6. The number of hydrogen-bond donors (Lipinski definition) is 0. The van der Waals surface area contributed by atoms with Gasteiger partial charge in [-0.3, -0.25) is 4.79 Å². The molecule has 9 heteroatoms. The summed E-state index contributed by atoms with van der Waals surface area (Å²) in [4.78, 5) is 20.5. The number of amides is 1. The quantitative estimate of drug-likeness (QED) is 0.462. The van der Waals surface area contributed by atoms with Gasteiger partial charge in [0.2, 0.25) is 0 Å². The molecule has 1 saturated heterocycles. The van der Waals surface area contributed by atoms with E-state index < -0.39 is 9.84 Å². The standard InChI is InChI=1S/C24H22N4O4S/c1-15-22-18(24(29)27-10-8-16-5-2-3-6-20(16)27)13-19(21-7-4-11-32-21)25-23(22)28(26-15)17-9-12-33(30,31)14-17/h2-7,11,13,17H,8-10,12,14H2,1H3. The molecule has 8 nitrogen and oxygen atoms in total. The smallest absolute Gasteiger partial charge is 0.259 e. The zero-order valence-electron chi connectivity index (χ0n) is 18.1. The van der Waals surface area contributed by atoms with Crippen LogP contribution in [-0.2, 0) is 16.3 Å². The van der Waals surface area contributed by atoms with Gasteiger partial charge in [-0.1, -0.05) is 18.2 Å². The molecule has 0 saturated carbocycles. The first-order chi connectivity index (χ1) is 15.9. The molecule has 0 N–H and O–H groups in total. The number of carbonyl (C=O) groups excluding carboxylic acids is 1. The molecule has 6 rings (SSSR count). The van der Waals surface area contributed by atoms with E-state index in [1.807, 2.05) is 31.2 Å². The summed E-state index contributed by atoms with van der Waals surface area (Å²) in [5.74, 6) is 0.573. The average Bonchev–Trinajstić information content (AvgIpc) is 3.58. The van der Waals surface area contributed by atoms with Crippen LogP contribution in [-0.4, -0.2) is 47.1 Å². The van der Waals surface area contributed by atoms with E-state index in [1.165, 1.54) is 0 Å². The Hall–Kier alpha value is -3.46. The summed E-state index contributed by atoms with van der Waals surface area (Å²) < 4.78 is 31.5. The number of nitrogens with zero attached hydrogens (tertiary/aromatic N) is 4. The lowest BCUT2D eigenvalue weighted by Gasteiger charge is -2.18. The molecule has 0 bridgehead atoms. The van der Waals surface area contributed by atoms with Crippen molar-refractivity contribution in [2.75, 3.05) is 23.0 Å². The Morgan fingerprint density at radius 1 is 1.18 bits per heavy atom. The maximum absolute atomic E-state index is 13.9. The van der Waals surface area contributed by atoms with Crippen LogP contribution >= 0.6 is 0 Å². The fourth-order valence-corrected chi connectivity index (χ4v) is 6.64. The van der Waals surface area contributed by atoms with Crippen LogP contribution in [0.5, 0.6) is 0 Å². The maximum Gasteiger partial charge on any atom is 0.259 e. The molecule has 1 atom stereocenters. The lowest BCUT2D eigenvalue weighted by atomic mass is 10.1. The third-order valence-corrected chi connectivity index (χ3v) is 8.28. The summed E-state index contributed by atoms with van der Waals surface area (Å²) in [5.41, 5.74) is 4.24. The van der Waals surface area contributed by atoms with Gasteiger partial charge in [0.1, 0.15) is 5.69 Å². The van der Waals surface area contributed by atoms with Crippen molar-refractivity contribution >= 4 is 32.5 Å². The van der Waals surface area contributed by atoms with E-state index in [2.05, 4.69) is 5.10 Å². The normalized spacial score (nSPS) is 19.3. The van der Waals surface area contributed by atoms with Crippen LogP contribution in [0.2, 0.25) is 0 Å². The van der Waals surface area contributed by atoms with Crippen molar-refractivity contribution in [3.63, 3.8) is 0 Å². The van der Waals surface area contributed by atoms with Gasteiger partial charge in [-0.25, -0.2) is 18.1 Å². The predicted octanol–water partition coefficient (Wildman–Crippen LogP) is 3.56. The molecule has 4 aromatic rings. The molecule has 1 fully saturated rings. The van der Waals surface area contributed by atoms with Crippen LogP contribution in [0.25, 0.3) is 22.5 Å². The minimum absolute atomic E-state index is 0.0264. The second kappa shape index (κ2) is 7.28. The van der Waals surface area contributed by atoms with Crippen molar-refractivity contribution in [2.24, 2.45) is 0 Å². The molecule has 3 aromatic heterocycles. The van der Waals surface area contributed by atoms with Gasteiger partial charge < -0.3 is 9.32 Å². The highest BCUT2D eigenvalue weighted by molar-refractivity contribution is 7.91. The molecule has 1 amide bonds. The van der Waals surface area contributed by atoms with Gasteiger partial charge in [0, 0.05) is 12.2 Å². The van der Waals surface area contributed by atoms with E-state index in [0.29, 0.717) is 46.7 Å². The Bertz CT molecular complexity index is 1510. The van der Waals surface area contributed by atoms with Crippen LogP contribution < -0.4 is 4.90 Å². The number of rotatable bonds is 3. The number of carbonyl (C=O) groups is 1. The Morgan fingerprint density at radius 3 is 2.79 bits per heavy atom.